The molecule has 0 saturated heterocycles. The van der Waals surface area contributed by atoms with Gasteiger partial charge < -0.3 is 4.42 Å². The Kier molecular flexibility index (Phi) is 3.60. The molecule has 1 heterocycles. The number of H-pyrrole nitrogens is 1. The van der Waals surface area contributed by atoms with Crippen LogP contribution in [0.2, 0.25) is 0 Å². The van der Waals surface area contributed by atoms with E-state index in [9.17, 15) is 9.59 Å². The van der Waals surface area contributed by atoms with Crippen molar-refractivity contribution in [1.29, 1.82) is 0 Å². The predicted molar refractivity (Wildman–Crippen MR) is 74.3 cm³/mol. The largest absolute Gasteiger partial charge is 0.417 e. The van der Waals surface area contributed by atoms with Crippen LogP contribution < -0.4 is 5.76 Å². The van der Waals surface area contributed by atoms with Crippen LogP contribution in [0.25, 0.3) is 11.1 Å². The fourth-order valence-corrected chi connectivity index (χ4v) is 2.67. The average Bonchev–Trinajstić information content (AvgIpc) is 2.66. The number of hydrogen-bond acceptors (Lipinski definition) is 3. The Hall–Kier alpha value is -1.84. The fourth-order valence-electron chi connectivity index (χ4n) is 2.67. The van der Waals surface area contributed by atoms with Crippen molar-refractivity contribution in [2.24, 2.45) is 17.8 Å². The lowest BCUT2D eigenvalue weighted by Gasteiger charge is -2.23. The number of aromatic amines is 1. The van der Waals surface area contributed by atoms with Gasteiger partial charge in [-0.05, 0) is 30.0 Å². The van der Waals surface area contributed by atoms with Gasteiger partial charge in [0.15, 0.2) is 11.4 Å². The molecule has 0 fully saturated rings. The second-order valence-corrected chi connectivity index (χ2v) is 5.60. The van der Waals surface area contributed by atoms with Crippen molar-refractivity contribution in [2.45, 2.75) is 27.7 Å². The fraction of sp³-hybridized carbons (Fsp3) is 0.467. The SMILES string of the molecule is CC(C)C(C(=O)c1ccc2[nH]c(=O)oc2c1)C(C)C. The molecule has 4 nitrogen and oxygen atoms in total. The third kappa shape index (κ3) is 2.62. The van der Waals surface area contributed by atoms with E-state index in [0.717, 1.165) is 0 Å². The molecule has 2 aromatic rings. The zero-order chi connectivity index (χ0) is 14.2. The summed E-state index contributed by atoms with van der Waals surface area (Å²) in [4.78, 5) is 26.2. The molecule has 0 atom stereocenters. The summed E-state index contributed by atoms with van der Waals surface area (Å²) in [6.07, 6.45) is 0. The van der Waals surface area contributed by atoms with E-state index >= 15 is 0 Å². The third-order valence-electron chi connectivity index (χ3n) is 3.44. The normalized spacial score (nSPS) is 11.9. The van der Waals surface area contributed by atoms with Gasteiger partial charge in [0, 0.05) is 11.5 Å². The molecule has 1 N–H and O–H groups in total. The standard InChI is InChI=1S/C15H19NO3/c1-8(2)13(9(3)4)14(17)10-5-6-11-12(7-10)19-15(18)16-11/h5-9,13H,1-4H3,(H,16,18). The number of aromatic nitrogens is 1. The van der Waals surface area contributed by atoms with Gasteiger partial charge in [0.05, 0.1) is 5.52 Å². The van der Waals surface area contributed by atoms with E-state index in [4.69, 9.17) is 4.42 Å². The van der Waals surface area contributed by atoms with Crippen LogP contribution in [-0.2, 0) is 0 Å². The minimum atomic E-state index is -0.496. The minimum absolute atomic E-state index is 0.0249. The maximum atomic E-state index is 12.5. The van der Waals surface area contributed by atoms with Crippen LogP contribution in [0.15, 0.2) is 27.4 Å². The van der Waals surface area contributed by atoms with Crippen LogP contribution in [0.3, 0.4) is 0 Å². The number of ketones is 1. The summed E-state index contributed by atoms with van der Waals surface area (Å²) in [5.74, 6) is 0.144. The maximum Gasteiger partial charge on any atom is 0.417 e. The van der Waals surface area contributed by atoms with Gasteiger partial charge in [-0.2, -0.15) is 0 Å². The van der Waals surface area contributed by atoms with Crippen molar-refractivity contribution in [2.75, 3.05) is 0 Å². The average molecular weight is 261 g/mol. The minimum Gasteiger partial charge on any atom is -0.408 e. The first-order chi connectivity index (χ1) is 8.90. The second-order valence-electron chi connectivity index (χ2n) is 5.60. The number of benzene rings is 1. The van der Waals surface area contributed by atoms with E-state index in [1.165, 1.54) is 0 Å². The number of rotatable bonds is 4. The summed E-state index contributed by atoms with van der Waals surface area (Å²) in [5.41, 5.74) is 1.65. The number of carbonyl (C=O) groups is 1. The lowest BCUT2D eigenvalue weighted by Crippen LogP contribution is -2.25. The molecule has 0 radical (unpaired) electrons. The van der Waals surface area contributed by atoms with E-state index in [1.807, 2.05) is 0 Å². The Morgan fingerprint density at radius 2 is 1.79 bits per heavy atom. The van der Waals surface area contributed by atoms with Crippen molar-refractivity contribution < 1.29 is 9.21 Å². The molecule has 0 amide bonds. The van der Waals surface area contributed by atoms with E-state index in [-0.39, 0.29) is 23.5 Å². The molecule has 1 aromatic carbocycles. The van der Waals surface area contributed by atoms with E-state index in [2.05, 4.69) is 32.7 Å². The van der Waals surface area contributed by atoms with Crippen LogP contribution >= 0.6 is 0 Å². The van der Waals surface area contributed by atoms with Gasteiger partial charge in [0.2, 0.25) is 0 Å². The molecule has 1 aromatic heterocycles. The molecule has 102 valence electrons. The molecular formula is C15H19NO3. The Bertz CT molecular complexity index is 641. The van der Waals surface area contributed by atoms with Crippen LogP contribution in [0, 0.1) is 17.8 Å². The highest BCUT2D eigenvalue weighted by Crippen LogP contribution is 2.26. The highest BCUT2D eigenvalue weighted by molar-refractivity contribution is 6.00. The van der Waals surface area contributed by atoms with Gasteiger partial charge in [0.1, 0.15) is 0 Å². The van der Waals surface area contributed by atoms with Crippen molar-refractivity contribution >= 4 is 16.9 Å². The van der Waals surface area contributed by atoms with Crippen LogP contribution in [0.4, 0.5) is 0 Å². The smallest absolute Gasteiger partial charge is 0.408 e. The number of oxazole rings is 1. The maximum absolute atomic E-state index is 12.5. The topological polar surface area (TPSA) is 63.1 Å². The lowest BCUT2D eigenvalue weighted by molar-refractivity contribution is 0.0839. The van der Waals surface area contributed by atoms with Crippen LogP contribution in [0.1, 0.15) is 38.1 Å². The number of Topliss-reactive ketones (excluding diaryl/α,β-unsaturated/α-hetero) is 1. The summed E-state index contributed by atoms with van der Waals surface area (Å²) >= 11 is 0. The summed E-state index contributed by atoms with van der Waals surface area (Å²) < 4.78 is 5.00. The molecule has 0 aliphatic heterocycles. The zero-order valence-electron chi connectivity index (χ0n) is 11.7. The quantitative estimate of drug-likeness (QED) is 0.859. The van der Waals surface area contributed by atoms with Gasteiger partial charge in [0.25, 0.3) is 0 Å². The van der Waals surface area contributed by atoms with Gasteiger partial charge in [-0.15, -0.1) is 0 Å². The molecular weight excluding hydrogens is 242 g/mol. The highest BCUT2D eigenvalue weighted by Gasteiger charge is 2.26. The summed E-state index contributed by atoms with van der Waals surface area (Å²) in [6, 6.07) is 5.10. The van der Waals surface area contributed by atoms with E-state index in [1.54, 1.807) is 18.2 Å². The Balaban J connectivity index is 2.42. The lowest BCUT2D eigenvalue weighted by atomic mass is 9.80. The van der Waals surface area contributed by atoms with Gasteiger partial charge in [-0.25, -0.2) is 4.79 Å². The number of carbonyl (C=O) groups excluding carboxylic acids is 1. The predicted octanol–water partition coefficient (Wildman–Crippen LogP) is 3.23. The first-order valence-electron chi connectivity index (χ1n) is 6.57. The Morgan fingerprint density at radius 1 is 1.16 bits per heavy atom. The van der Waals surface area contributed by atoms with Gasteiger partial charge in [-0.3, -0.25) is 9.78 Å². The molecule has 0 unspecified atom stereocenters. The molecule has 0 aliphatic rings. The van der Waals surface area contributed by atoms with Crippen molar-refractivity contribution in [3.05, 3.63) is 34.3 Å². The number of hydrogen-bond donors (Lipinski definition) is 1. The summed E-state index contributed by atoms with van der Waals surface area (Å²) in [7, 11) is 0. The van der Waals surface area contributed by atoms with Crippen molar-refractivity contribution in [1.82, 2.24) is 4.98 Å². The molecule has 0 spiro atoms. The van der Waals surface area contributed by atoms with Crippen LogP contribution in [-0.4, -0.2) is 10.8 Å². The molecule has 0 aliphatic carbocycles. The summed E-state index contributed by atoms with van der Waals surface area (Å²) in [6.45, 7) is 8.21. The molecule has 0 bridgehead atoms. The van der Waals surface area contributed by atoms with E-state index in [0.29, 0.717) is 16.7 Å². The van der Waals surface area contributed by atoms with Gasteiger partial charge >= 0.3 is 5.76 Å². The molecule has 19 heavy (non-hydrogen) atoms. The van der Waals surface area contributed by atoms with E-state index < -0.39 is 5.76 Å². The first-order valence-corrected chi connectivity index (χ1v) is 6.57. The van der Waals surface area contributed by atoms with Crippen LogP contribution in [0.5, 0.6) is 0 Å². The Morgan fingerprint density at radius 3 is 2.37 bits per heavy atom. The summed E-state index contributed by atoms with van der Waals surface area (Å²) in [5, 5.41) is 0. The monoisotopic (exact) mass is 261 g/mol. The number of nitrogens with one attached hydrogen (secondary N) is 1. The first kappa shape index (κ1) is 13.6. The highest BCUT2D eigenvalue weighted by atomic mass is 16.4. The van der Waals surface area contributed by atoms with Crippen molar-refractivity contribution in [3.8, 4) is 0 Å². The Labute approximate surface area is 111 Å². The second kappa shape index (κ2) is 5.03. The number of fused-ring (bicyclic) bond motifs is 1. The van der Waals surface area contributed by atoms with Gasteiger partial charge in [-0.1, -0.05) is 27.7 Å². The third-order valence-corrected chi connectivity index (χ3v) is 3.44. The molecule has 0 saturated carbocycles. The van der Waals surface area contributed by atoms with Crippen molar-refractivity contribution in [3.63, 3.8) is 0 Å². The molecule has 2 rings (SSSR count). The molecule has 4 heteroatoms. The zero-order valence-corrected chi connectivity index (χ0v) is 11.7.